The molecule has 7 heteroatoms. The molecule has 0 amide bonds. The minimum absolute atomic E-state index is 0.161. The summed E-state index contributed by atoms with van der Waals surface area (Å²) in [6, 6.07) is 8.81. The standard InChI is InChI=1S/C20H26N6O/c1-11-17-20(26(25-11)12(2)13-4-5-13)23-19(22-17)16-10-21-24-18(16)14-6-8-15(27-3)9-7-14/h6-9,12-13,16,18,21,24H,4-5,10H2,1-3H3,(H,22,23). The average molecular weight is 366 g/mol. The lowest BCUT2D eigenvalue weighted by Crippen LogP contribution is -2.24. The molecule has 3 aromatic rings. The highest BCUT2D eigenvalue weighted by molar-refractivity contribution is 5.74. The van der Waals surface area contributed by atoms with E-state index in [1.807, 2.05) is 12.1 Å². The van der Waals surface area contributed by atoms with Gasteiger partial charge in [-0.2, -0.15) is 5.10 Å². The van der Waals surface area contributed by atoms with Crippen molar-refractivity contribution in [2.45, 2.75) is 44.7 Å². The molecule has 1 saturated carbocycles. The molecular formula is C20H26N6O. The van der Waals surface area contributed by atoms with Crippen molar-refractivity contribution < 1.29 is 4.74 Å². The van der Waals surface area contributed by atoms with Crippen LogP contribution in [0.4, 0.5) is 0 Å². The highest BCUT2D eigenvalue weighted by Gasteiger charge is 2.35. The number of nitrogens with zero attached hydrogens (tertiary/aromatic N) is 3. The van der Waals surface area contributed by atoms with Crippen LogP contribution >= 0.6 is 0 Å². The van der Waals surface area contributed by atoms with Crippen LogP contribution in [0.1, 0.15) is 54.8 Å². The Morgan fingerprint density at radius 2 is 2.00 bits per heavy atom. The number of rotatable bonds is 5. The molecule has 2 fully saturated rings. The van der Waals surface area contributed by atoms with E-state index in [4.69, 9.17) is 14.8 Å². The molecule has 27 heavy (non-hydrogen) atoms. The number of benzene rings is 1. The smallest absolute Gasteiger partial charge is 0.176 e. The molecule has 3 unspecified atom stereocenters. The SMILES string of the molecule is COc1ccc(C2NNCC2c2nc3c([nH]2)c(C)nn3C(C)C2CC2)cc1. The van der Waals surface area contributed by atoms with Crippen LogP contribution in [0.15, 0.2) is 24.3 Å². The van der Waals surface area contributed by atoms with Gasteiger partial charge in [0.15, 0.2) is 5.65 Å². The van der Waals surface area contributed by atoms with E-state index in [1.54, 1.807) is 7.11 Å². The summed E-state index contributed by atoms with van der Waals surface area (Å²) in [5.74, 6) is 2.86. The van der Waals surface area contributed by atoms with E-state index in [2.05, 4.69) is 46.5 Å². The third-order valence-corrected chi connectivity index (χ3v) is 6.04. The Balaban J connectivity index is 1.49. The number of aryl methyl sites for hydroxylation is 1. The maximum atomic E-state index is 5.28. The first-order valence-corrected chi connectivity index (χ1v) is 9.72. The summed E-state index contributed by atoms with van der Waals surface area (Å²) in [6.45, 7) is 5.15. The zero-order valence-corrected chi connectivity index (χ0v) is 16.0. The van der Waals surface area contributed by atoms with Gasteiger partial charge in [0.05, 0.1) is 30.8 Å². The molecule has 1 saturated heterocycles. The molecule has 0 radical (unpaired) electrons. The summed E-state index contributed by atoms with van der Waals surface area (Å²) in [7, 11) is 1.69. The van der Waals surface area contributed by atoms with Crippen LogP contribution < -0.4 is 15.6 Å². The zero-order chi connectivity index (χ0) is 18.5. The van der Waals surface area contributed by atoms with Crippen molar-refractivity contribution in [2.75, 3.05) is 13.7 Å². The van der Waals surface area contributed by atoms with Crippen molar-refractivity contribution in [2.24, 2.45) is 5.92 Å². The van der Waals surface area contributed by atoms with Crippen LogP contribution in [-0.4, -0.2) is 33.4 Å². The molecule has 1 aliphatic heterocycles. The van der Waals surface area contributed by atoms with Crippen LogP contribution in [0.25, 0.3) is 11.2 Å². The Bertz CT molecular complexity index is 955. The summed E-state index contributed by atoms with van der Waals surface area (Å²) in [4.78, 5) is 8.56. The lowest BCUT2D eigenvalue weighted by molar-refractivity contribution is 0.414. The molecule has 3 atom stereocenters. The number of aromatic amines is 1. The van der Waals surface area contributed by atoms with Gasteiger partial charge in [-0.05, 0) is 50.3 Å². The fraction of sp³-hybridized carbons (Fsp3) is 0.500. The van der Waals surface area contributed by atoms with Gasteiger partial charge in [-0.25, -0.2) is 15.1 Å². The molecule has 0 bridgehead atoms. The Kier molecular flexibility index (Phi) is 3.94. The maximum Gasteiger partial charge on any atom is 0.176 e. The van der Waals surface area contributed by atoms with Gasteiger partial charge in [-0.1, -0.05) is 12.1 Å². The van der Waals surface area contributed by atoms with E-state index >= 15 is 0 Å². The molecule has 2 aromatic heterocycles. The molecule has 1 aliphatic carbocycles. The summed E-state index contributed by atoms with van der Waals surface area (Å²) in [6.07, 6.45) is 2.60. The normalized spacial score (nSPS) is 23.8. The predicted molar refractivity (Wildman–Crippen MR) is 104 cm³/mol. The van der Waals surface area contributed by atoms with E-state index < -0.39 is 0 Å². The highest BCUT2D eigenvalue weighted by Crippen LogP contribution is 2.41. The third-order valence-electron chi connectivity index (χ3n) is 6.04. The van der Waals surface area contributed by atoms with Crippen LogP contribution in [0, 0.1) is 12.8 Å². The summed E-state index contributed by atoms with van der Waals surface area (Å²) < 4.78 is 7.41. The number of ether oxygens (including phenoxy) is 1. The number of methoxy groups -OCH3 is 1. The molecular weight excluding hydrogens is 340 g/mol. The first-order chi connectivity index (χ1) is 13.2. The predicted octanol–water partition coefficient (Wildman–Crippen LogP) is 2.98. The maximum absolute atomic E-state index is 5.28. The first kappa shape index (κ1) is 16.8. The summed E-state index contributed by atoms with van der Waals surface area (Å²) in [5.41, 5.74) is 11.0. The number of aromatic nitrogens is 4. The number of hydrogen-bond acceptors (Lipinski definition) is 5. The molecule has 7 nitrogen and oxygen atoms in total. The van der Waals surface area contributed by atoms with Crippen LogP contribution in [0.3, 0.4) is 0 Å². The van der Waals surface area contributed by atoms with Crippen LogP contribution in [0.5, 0.6) is 5.75 Å². The minimum Gasteiger partial charge on any atom is -0.497 e. The number of H-pyrrole nitrogens is 1. The molecule has 5 rings (SSSR count). The number of nitrogens with one attached hydrogen (secondary N) is 3. The molecule has 0 spiro atoms. The van der Waals surface area contributed by atoms with Crippen molar-refractivity contribution in [3.63, 3.8) is 0 Å². The molecule has 1 aromatic carbocycles. The highest BCUT2D eigenvalue weighted by atomic mass is 16.5. The van der Waals surface area contributed by atoms with Gasteiger partial charge in [0.1, 0.15) is 17.1 Å². The van der Waals surface area contributed by atoms with Crippen LogP contribution in [-0.2, 0) is 0 Å². The van der Waals surface area contributed by atoms with E-state index in [0.717, 1.165) is 40.9 Å². The lowest BCUT2D eigenvalue weighted by Gasteiger charge is -2.17. The second kappa shape index (κ2) is 6.35. The van der Waals surface area contributed by atoms with Gasteiger partial charge >= 0.3 is 0 Å². The number of imidazole rings is 1. The van der Waals surface area contributed by atoms with Crippen molar-refractivity contribution >= 4 is 11.2 Å². The Morgan fingerprint density at radius 1 is 1.22 bits per heavy atom. The van der Waals surface area contributed by atoms with Crippen molar-refractivity contribution in [3.05, 3.63) is 41.3 Å². The molecule has 3 heterocycles. The number of hydrazine groups is 1. The van der Waals surface area contributed by atoms with Crippen molar-refractivity contribution in [3.8, 4) is 5.75 Å². The quantitative estimate of drug-likeness (QED) is 0.647. The van der Waals surface area contributed by atoms with E-state index in [9.17, 15) is 0 Å². The fourth-order valence-electron chi connectivity index (χ4n) is 4.18. The number of hydrogen-bond donors (Lipinski definition) is 3. The molecule has 142 valence electrons. The molecule has 3 N–H and O–H groups in total. The van der Waals surface area contributed by atoms with Gasteiger partial charge in [0, 0.05) is 6.54 Å². The molecule has 2 aliphatic rings. The largest absolute Gasteiger partial charge is 0.497 e. The van der Waals surface area contributed by atoms with E-state index in [-0.39, 0.29) is 12.0 Å². The van der Waals surface area contributed by atoms with Crippen molar-refractivity contribution in [1.29, 1.82) is 0 Å². The van der Waals surface area contributed by atoms with Gasteiger partial charge in [-0.3, -0.25) is 5.43 Å². The fourth-order valence-corrected chi connectivity index (χ4v) is 4.18. The van der Waals surface area contributed by atoms with Gasteiger partial charge in [0.2, 0.25) is 0 Å². The van der Waals surface area contributed by atoms with Gasteiger partial charge in [-0.15, -0.1) is 0 Å². The summed E-state index contributed by atoms with van der Waals surface area (Å²) >= 11 is 0. The monoisotopic (exact) mass is 366 g/mol. The average Bonchev–Trinajstić information content (AvgIpc) is 3.13. The second-order valence-electron chi connectivity index (χ2n) is 7.81. The summed E-state index contributed by atoms with van der Waals surface area (Å²) in [5, 5.41) is 4.75. The second-order valence-corrected chi connectivity index (χ2v) is 7.81. The Morgan fingerprint density at radius 3 is 2.70 bits per heavy atom. The first-order valence-electron chi connectivity index (χ1n) is 9.72. The number of fused-ring (bicyclic) bond motifs is 1. The van der Waals surface area contributed by atoms with Gasteiger partial charge < -0.3 is 9.72 Å². The Hall–Kier alpha value is -2.38. The third kappa shape index (κ3) is 2.82. The topological polar surface area (TPSA) is 79.8 Å². The zero-order valence-electron chi connectivity index (χ0n) is 16.0. The van der Waals surface area contributed by atoms with Gasteiger partial charge in [0.25, 0.3) is 0 Å². The lowest BCUT2D eigenvalue weighted by atomic mass is 9.94. The minimum atomic E-state index is 0.161. The van der Waals surface area contributed by atoms with E-state index in [0.29, 0.717) is 6.04 Å². The van der Waals surface area contributed by atoms with Crippen molar-refractivity contribution in [1.82, 2.24) is 30.6 Å². The van der Waals surface area contributed by atoms with Crippen LogP contribution in [0.2, 0.25) is 0 Å². The van der Waals surface area contributed by atoms with E-state index in [1.165, 1.54) is 18.4 Å². The Labute approximate surface area is 158 Å².